The topological polar surface area (TPSA) is 96.9 Å². The number of piperazine rings is 1. The third-order valence-electron chi connectivity index (χ3n) is 7.01. The second-order valence-corrected chi connectivity index (χ2v) is 9.64. The number of aryl methyl sites for hydroxylation is 1. The molecule has 1 aliphatic heterocycles. The van der Waals surface area contributed by atoms with E-state index in [1.807, 2.05) is 6.07 Å². The quantitative estimate of drug-likeness (QED) is 0.309. The van der Waals surface area contributed by atoms with E-state index in [2.05, 4.69) is 54.0 Å². The SMILES string of the molecule is C=N/C(=C\C(=N/COc1cc(F)c2[nH]c(C)cc2c1F)N1CCN(C)CC1)Nc1cc(C2CCC2)[nH]n1. The third-order valence-corrected chi connectivity index (χ3v) is 7.01. The highest BCUT2D eigenvalue weighted by Gasteiger charge is 2.22. The fourth-order valence-electron chi connectivity index (χ4n) is 4.58. The summed E-state index contributed by atoms with van der Waals surface area (Å²) < 4.78 is 35.0. The van der Waals surface area contributed by atoms with Gasteiger partial charge in [-0.05, 0) is 39.6 Å². The number of amidine groups is 1. The number of hydrogen-bond donors (Lipinski definition) is 3. The molecule has 5 rings (SSSR count). The molecule has 2 aromatic heterocycles. The van der Waals surface area contributed by atoms with Crippen LogP contribution in [0.4, 0.5) is 14.6 Å². The normalized spacial score (nSPS) is 17.8. The third kappa shape index (κ3) is 5.51. The molecule has 0 bridgehead atoms. The van der Waals surface area contributed by atoms with E-state index in [1.54, 1.807) is 19.1 Å². The molecular weight excluding hydrogens is 478 g/mol. The maximum absolute atomic E-state index is 14.9. The van der Waals surface area contributed by atoms with E-state index < -0.39 is 11.6 Å². The van der Waals surface area contributed by atoms with Gasteiger partial charge in [0.15, 0.2) is 29.9 Å². The molecule has 1 aliphatic carbocycles. The maximum atomic E-state index is 14.9. The highest BCUT2D eigenvalue weighted by Crippen LogP contribution is 2.36. The van der Waals surface area contributed by atoms with Crippen LogP contribution in [0.25, 0.3) is 10.9 Å². The minimum absolute atomic E-state index is 0.124. The van der Waals surface area contributed by atoms with Gasteiger partial charge in [0.1, 0.15) is 11.7 Å². The van der Waals surface area contributed by atoms with Crippen LogP contribution in [0.3, 0.4) is 0 Å². The summed E-state index contributed by atoms with van der Waals surface area (Å²) in [5.41, 5.74) is 1.90. The minimum Gasteiger partial charge on any atom is -0.468 e. The Hall–Kier alpha value is -3.73. The molecule has 1 saturated carbocycles. The number of aromatic amines is 2. The van der Waals surface area contributed by atoms with Crippen molar-refractivity contribution in [3.8, 4) is 5.75 Å². The average molecular weight is 511 g/mol. The zero-order valence-corrected chi connectivity index (χ0v) is 21.2. The summed E-state index contributed by atoms with van der Waals surface area (Å²) in [6.07, 6.45) is 5.36. The van der Waals surface area contributed by atoms with Crippen LogP contribution in [0.5, 0.6) is 5.75 Å². The van der Waals surface area contributed by atoms with Gasteiger partial charge >= 0.3 is 0 Å². The first-order valence-corrected chi connectivity index (χ1v) is 12.5. The van der Waals surface area contributed by atoms with Crippen LogP contribution in [-0.4, -0.2) is 77.5 Å². The first-order chi connectivity index (χ1) is 17.9. The monoisotopic (exact) mass is 510 g/mol. The summed E-state index contributed by atoms with van der Waals surface area (Å²) in [6.45, 7) is 8.48. The summed E-state index contributed by atoms with van der Waals surface area (Å²) in [5, 5.41) is 10.8. The Bertz CT molecular complexity index is 1330. The molecule has 3 N–H and O–H groups in total. The van der Waals surface area contributed by atoms with Gasteiger partial charge in [0, 0.05) is 67.1 Å². The molecule has 3 aromatic rings. The lowest BCUT2D eigenvalue weighted by Gasteiger charge is -2.33. The van der Waals surface area contributed by atoms with Crippen molar-refractivity contribution in [2.24, 2.45) is 9.98 Å². The molecule has 3 heterocycles. The minimum atomic E-state index is -0.622. The lowest BCUT2D eigenvalue weighted by atomic mass is 9.83. The second kappa shape index (κ2) is 10.7. The summed E-state index contributed by atoms with van der Waals surface area (Å²) in [4.78, 5) is 15.9. The number of anilines is 1. The Morgan fingerprint density at radius 3 is 2.73 bits per heavy atom. The van der Waals surface area contributed by atoms with E-state index in [4.69, 9.17) is 4.74 Å². The van der Waals surface area contributed by atoms with Crippen molar-refractivity contribution in [3.05, 3.63) is 53.1 Å². The van der Waals surface area contributed by atoms with Crippen molar-refractivity contribution < 1.29 is 13.5 Å². The van der Waals surface area contributed by atoms with Crippen LogP contribution < -0.4 is 10.1 Å². The predicted molar refractivity (Wildman–Crippen MR) is 141 cm³/mol. The Morgan fingerprint density at radius 1 is 1.24 bits per heavy atom. The molecule has 0 atom stereocenters. The van der Waals surface area contributed by atoms with E-state index in [1.165, 1.54) is 19.3 Å². The number of ether oxygens (including phenoxy) is 1. The van der Waals surface area contributed by atoms with E-state index in [-0.39, 0.29) is 23.4 Å². The van der Waals surface area contributed by atoms with Gasteiger partial charge in [-0.25, -0.2) is 18.8 Å². The largest absolute Gasteiger partial charge is 0.468 e. The Balaban J connectivity index is 1.35. The van der Waals surface area contributed by atoms with Crippen LogP contribution in [0, 0.1) is 18.6 Å². The molecular formula is C26H32F2N8O. The van der Waals surface area contributed by atoms with Crippen molar-refractivity contribution in [2.75, 3.05) is 45.3 Å². The van der Waals surface area contributed by atoms with E-state index in [9.17, 15) is 8.78 Å². The molecule has 9 nitrogen and oxygen atoms in total. The zero-order valence-electron chi connectivity index (χ0n) is 21.2. The molecule has 0 radical (unpaired) electrons. The van der Waals surface area contributed by atoms with Gasteiger partial charge in [0.05, 0.1) is 5.52 Å². The molecule has 11 heteroatoms. The molecule has 0 spiro atoms. The maximum Gasteiger partial charge on any atom is 0.181 e. The fraction of sp³-hybridized carbons (Fsp3) is 0.423. The zero-order chi connectivity index (χ0) is 25.9. The lowest BCUT2D eigenvalue weighted by molar-refractivity contribution is 0.214. The van der Waals surface area contributed by atoms with Crippen LogP contribution in [0.1, 0.15) is 36.6 Å². The van der Waals surface area contributed by atoms with Crippen LogP contribution in [0.15, 0.2) is 40.1 Å². The molecule has 2 aliphatic rings. The predicted octanol–water partition coefficient (Wildman–Crippen LogP) is 4.38. The first kappa shape index (κ1) is 24.9. The van der Waals surface area contributed by atoms with Crippen molar-refractivity contribution >= 4 is 29.3 Å². The van der Waals surface area contributed by atoms with Gasteiger partial charge in [0.25, 0.3) is 0 Å². The Morgan fingerprint density at radius 2 is 2.03 bits per heavy atom. The molecule has 196 valence electrons. The summed E-state index contributed by atoms with van der Waals surface area (Å²) in [6, 6.07) is 4.60. The number of H-pyrrole nitrogens is 2. The van der Waals surface area contributed by atoms with Crippen molar-refractivity contribution in [2.45, 2.75) is 32.1 Å². The number of likely N-dealkylation sites (N-methyl/N-ethyl adjacent to an activating group) is 1. The molecule has 1 saturated heterocycles. The van der Waals surface area contributed by atoms with Crippen LogP contribution in [-0.2, 0) is 0 Å². The molecule has 2 fully saturated rings. The number of hydrogen-bond acceptors (Lipinski definition) is 6. The van der Waals surface area contributed by atoms with Crippen molar-refractivity contribution in [1.29, 1.82) is 0 Å². The first-order valence-electron chi connectivity index (χ1n) is 12.5. The number of nitrogens with zero attached hydrogens (tertiary/aromatic N) is 5. The van der Waals surface area contributed by atoms with Gasteiger partial charge in [0.2, 0.25) is 0 Å². The fourth-order valence-corrected chi connectivity index (χ4v) is 4.58. The summed E-state index contributed by atoms with van der Waals surface area (Å²) in [7, 11) is 2.07. The summed E-state index contributed by atoms with van der Waals surface area (Å²) in [5.74, 6) is 0.889. The van der Waals surface area contributed by atoms with Crippen molar-refractivity contribution in [1.82, 2.24) is 25.0 Å². The van der Waals surface area contributed by atoms with E-state index >= 15 is 0 Å². The number of benzene rings is 1. The number of aromatic nitrogens is 3. The molecule has 0 unspecified atom stereocenters. The number of rotatable bonds is 8. The van der Waals surface area contributed by atoms with E-state index in [0.717, 1.165) is 37.9 Å². The Labute approximate surface area is 214 Å². The Kier molecular flexibility index (Phi) is 7.22. The smallest absolute Gasteiger partial charge is 0.181 e. The van der Waals surface area contributed by atoms with Crippen LogP contribution >= 0.6 is 0 Å². The lowest BCUT2D eigenvalue weighted by Crippen LogP contribution is -2.47. The van der Waals surface area contributed by atoms with E-state index in [0.29, 0.717) is 29.1 Å². The number of halogens is 2. The van der Waals surface area contributed by atoms with Gasteiger partial charge in [-0.1, -0.05) is 6.42 Å². The van der Waals surface area contributed by atoms with Gasteiger partial charge in [-0.3, -0.25) is 5.10 Å². The van der Waals surface area contributed by atoms with Gasteiger partial charge in [-0.15, -0.1) is 0 Å². The second-order valence-electron chi connectivity index (χ2n) is 9.64. The molecule has 37 heavy (non-hydrogen) atoms. The molecule has 1 aromatic carbocycles. The highest BCUT2D eigenvalue weighted by atomic mass is 19.1. The van der Waals surface area contributed by atoms with Gasteiger partial charge in [-0.2, -0.15) is 5.10 Å². The summed E-state index contributed by atoms with van der Waals surface area (Å²) >= 11 is 0. The highest BCUT2D eigenvalue weighted by molar-refractivity contribution is 5.94. The number of aliphatic imine (C=N–C) groups is 2. The van der Waals surface area contributed by atoms with Crippen molar-refractivity contribution in [3.63, 3.8) is 0 Å². The van der Waals surface area contributed by atoms with Crippen LogP contribution in [0.2, 0.25) is 0 Å². The molecule has 0 amide bonds. The standard InChI is InChI=1S/C26H32F2N8O/c1-16-11-18-25(28)21(12-19(27)26(18)31-16)37-15-30-24(36-9-7-35(3)8-10-36)14-22(29-2)32-23-13-20(33-34-23)17-5-4-6-17/h11-14,17,31H,2,4-10,15H2,1,3H3,(H2,32,33,34)/b22-14+,30-24+. The number of nitrogens with one attached hydrogen (secondary N) is 3. The number of fused-ring (bicyclic) bond motifs is 1. The van der Waals surface area contributed by atoms with Gasteiger partial charge < -0.3 is 24.8 Å². The average Bonchev–Trinajstić information content (AvgIpc) is 3.47.